The molecule has 2 aromatic carbocycles. The maximum absolute atomic E-state index is 9.79. The molecule has 5 heteroatoms. The van der Waals surface area contributed by atoms with Gasteiger partial charge in [-0.25, -0.2) is 4.98 Å². The molecule has 2 aromatic heterocycles. The molecule has 0 aliphatic heterocycles. The van der Waals surface area contributed by atoms with Crippen molar-refractivity contribution in [2.24, 2.45) is 0 Å². The van der Waals surface area contributed by atoms with Crippen LogP contribution in [0.15, 0.2) is 60.9 Å². The number of anilines is 1. The van der Waals surface area contributed by atoms with E-state index in [4.69, 9.17) is 4.98 Å². The average Bonchev–Trinajstić information content (AvgIpc) is 3.25. The Labute approximate surface area is 155 Å². The van der Waals surface area contributed by atoms with Gasteiger partial charge in [-0.05, 0) is 71.5 Å². The summed E-state index contributed by atoms with van der Waals surface area (Å²) in [5.74, 6) is 0.323. The third-order valence-corrected chi connectivity index (χ3v) is 5.86. The molecule has 4 aromatic rings. The van der Waals surface area contributed by atoms with Crippen molar-refractivity contribution in [1.29, 1.82) is 0 Å². The predicted molar refractivity (Wildman–Crippen MR) is 106 cm³/mol. The molecule has 0 bridgehead atoms. The van der Waals surface area contributed by atoms with Gasteiger partial charge in [0, 0.05) is 12.4 Å². The lowest BCUT2D eigenvalue weighted by Crippen LogP contribution is -2.06. The summed E-state index contributed by atoms with van der Waals surface area (Å²) in [7, 11) is 0. The van der Waals surface area contributed by atoms with Gasteiger partial charge in [-0.15, -0.1) is 0 Å². The number of benzene rings is 2. The average molecular weight is 359 g/mol. The fourth-order valence-corrected chi connectivity index (χ4v) is 4.56. The molecule has 2 N–H and O–H groups in total. The SMILES string of the molecule is Oc1ccc2c(c1)[C@H](Nc1nc3ccc(-c4ccncc4)cc3s1)CC2. The Balaban J connectivity index is 1.45. The van der Waals surface area contributed by atoms with Crippen LogP contribution >= 0.6 is 11.3 Å². The minimum Gasteiger partial charge on any atom is -0.508 e. The Morgan fingerprint density at radius 2 is 1.88 bits per heavy atom. The molecule has 0 amide bonds. The number of nitrogens with one attached hydrogen (secondary N) is 1. The molecule has 5 rings (SSSR count). The molecule has 128 valence electrons. The molecule has 0 saturated carbocycles. The Kier molecular flexibility index (Phi) is 3.60. The second-order valence-electron chi connectivity index (χ2n) is 6.56. The third-order valence-electron chi connectivity index (χ3n) is 4.91. The van der Waals surface area contributed by atoms with Gasteiger partial charge in [0.25, 0.3) is 0 Å². The van der Waals surface area contributed by atoms with Crippen molar-refractivity contribution in [2.45, 2.75) is 18.9 Å². The number of rotatable bonds is 3. The maximum atomic E-state index is 9.79. The lowest BCUT2D eigenvalue weighted by molar-refractivity contribution is 0.474. The van der Waals surface area contributed by atoms with Crippen molar-refractivity contribution < 1.29 is 5.11 Å². The van der Waals surface area contributed by atoms with E-state index in [9.17, 15) is 5.11 Å². The number of hydrogen-bond donors (Lipinski definition) is 2. The molecule has 0 radical (unpaired) electrons. The fraction of sp³-hybridized carbons (Fsp3) is 0.143. The van der Waals surface area contributed by atoms with E-state index >= 15 is 0 Å². The number of phenols is 1. The molecule has 26 heavy (non-hydrogen) atoms. The summed E-state index contributed by atoms with van der Waals surface area (Å²) >= 11 is 1.67. The highest BCUT2D eigenvalue weighted by molar-refractivity contribution is 7.22. The molecule has 0 unspecified atom stereocenters. The van der Waals surface area contributed by atoms with E-state index in [0.29, 0.717) is 5.75 Å². The summed E-state index contributed by atoms with van der Waals surface area (Å²) < 4.78 is 1.16. The van der Waals surface area contributed by atoms with Crippen LogP contribution in [0.25, 0.3) is 21.3 Å². The second kappa shape index (κ2) is 6.11. The third kappa shape index (κ3) is 2.70. The van der Waals surface area contributed by atoms with Crippen LogP contribution in [-0.2, 0) is 6.42 Å². The lowest BCUT2D eigenvalue weighted by atomic mass is 10.1. The topological polar surface area (TPSA) is 58.0 Å². The Bertz CT molecular complexity index is 1090. The number of fused-ring (bicyclic) bond motifs is 2. The number of aromatic nitrogens is 2. The normalized spacial score (nSPS) is 15.9. The molecular weight excluding hydrogens is 342 g/mol. The molecule has 1 aliphatic rings. The van der Waals surface area contributed by atoms with Gasteiger partial charge in [-0.1, -0.05) is 23.5 Å². The van der Waals surface area contributed by atoms with Crippen molar-refractivity contribution in [1.82, 2.24) is 9.97 Å². The van der Waals surface area contributed by atoms with Gasteiger partial charge < -0.3 is 10.4 Å². The zero-order chi connectivity index (χ0) is 17.5. The first-order valence-corrected chi connectivity index (χ1v) is 9.47. The number of aryl methyl sites for hydroxylation is 1. The molecule has 0 spiro atoms. The lowest BCUT2D eigenvalue weighted by Gasteiger charge is -2.13. The van der Waals surface area contributed by atoms with E-state index in [2.05, 4.69) is 28.5 Å². The van der Waals surface area contributed by atoms with Gasteiger partial charge in [0.05, 0.1) is 16.3 Å². The van der Waals surface area contributed by atoms with Crippen LogP contribution in [0.5, 0.6) is 5.75 Å². The zero-order valence-corrected chi connectivity index (χ0v) is 14.8. The van der Waals surface area contributed by atoms with Crippen LogP contribution < -0.4 is 5.32 Å². The first kappa shape index (κ1) is 15.3. The highest BCUT2D eigenvalue weighted by Crippen LogP contribution is 2.38. The fourth-order valence-electron chi connectivity index (χ4n) is 3.60. The summed E-state index contributed by atoms with van der Waals surface area (Å²) in [6, 6.07) is 16.2. The summed E-state index contributed by atoms with van der Waals surface area (Å²) in [5, 5.41) is 14.3. The van der Waals surface area contributed by atoms with Crippen LogP contribution in [0.1, 0.15) is 23.6 Å². The van der Waals surface area contributed by atoms with Crippen LogP contribution in [0.4, 0.5) is 5.13 Å². The number of thiazole rings is 1. The van der Waals surface area contributed by atoms with Crippen molar-refractivity contribution in [3.8, 4) is 16.9 Å². The van der Waals surface area contributed by atoms with Gasteiger partial charge in [-0.3, -0.25) is 4.98 Å². The van der Waals surface area contributed by atoms with Gasteiger partial charge >= 0.3 is 0 Å². The number of phenolic OH excluding ortho intramolecular Hbond substituents is 1. The smallest absolute Gasteiger partial charge is 0.184 e. The Morgan fingerprint density at radius 3 is 2.77 bits per heavy atom. The van der Waals surface area contributed by atoms with Crippen molar-refractivity contribution in [3.05, 3.63) is 72.1 Å². The number of nitrogens with zero attached hydrogens (tertiary/aromatic N) is 2. The summed E-state index contributed by atoms with van der Waals surface area (Å²) in [5.41, 5.74) is 5.82. The van der Waals surface area contributed by atoms with Gasteiger partial charge in [0.1, 0.15) is 5.75 Å². The molecule has 1 atom stereocenters. The molecular formula is C21H17N3OS. The van der Waals surface area contributed by atoms with Crippen LogP contribution in [-0.4, -0.2) is 15.1 Å². The van der Waals surface area contributed by atoms with Gasteiger partial charge in [-0.2, -0.15) is 0 Å². The minimum atomic E-state index is 0.206. The highest BCUT2D eigenvalue weighted by Gasteiger charge is 2.23. The van der Waals surface area contributed by atoms with E-state index in [0.717, 1.165) is 33.8 Å². The van der Waals surface area contributed by atoms with Crippen molar-refractivity contribution in [2.75, 3.05) is 5.32 Å². The van der Waals surface area contributed by atoms with Crippen LogP contribution in [0.2, 0.25) is 0 Å². The van der Waals surface area contributed by atoms with E-state index in [1.807, 2.05) is 36.7 Å². The van der Waals surface area contributed by atoms with E-state index in [-0.39, 0.29) is 6.04 Å². The molecule has 2 heterocycles. The summed E-state index contributed by atoms with van der Waals surface area (Å²) in [6.45, 7) is 0. The van der Waals surface area contributed by atoms with Crippen molar-refractivity contribution >= 4 is 26.7 Å². The number of aromatic hydroxyl groups is 1. The maximum Gasteiger partial charge on any atom is 0.184 e. The van der Waals surface area contributed by atoms with E-state index in [1.165, 1.54) is 16.7 Å². The van der Waals surface area contributed by atoms with Gasteiger partial charge in [0.2, 0.25) is 0 Å². The number of pyridine rings is 1. The van der Waals surface area contributed by atoms with Crippen molar-refractivity contribution in [3.63, 3.8) is 0 Å². The molecule has 0 saturated heterocycles. The first-order chi connectivity index (χ1) is 12.8. The largest absolute Gasteiger partial charge is 0.508 e. The zero-order valence-electron chi connectivity index (χ0n) is 14.0. The Hall–Kier alpha value is -2.92. The van der Waals surface area contributed by atoms with E-state index in [1.54, 1.807) is 17.4 Å². The summed E-state index contributed by atoms with van der Waals surface area (Å²) in [4.78, 5) is 8.82. The predicted octanol–water partition coefficient (Wildman–Crippen LogP) is 5.16. The highest BCUT2D eigenvalue weighted by atomic mass is 32.1. The number of hydrogen-bond acceptors (Lipinski definition) is 5. The van der Waals surface area contributed by atoms with Crippen LogP contribution in [0, 0.1) is 0 Å². The monoisotopic (exact) mass is 359 g/mol. The standard InChI is InChI=1S/C21H17N3OS/c25-16-4-1-14-2-5-18(17(14)12-16)23-21-24-19-6-3-15(11-20(19)26-21)13-7-9-22-10-8-13/h1,3-4,6-12,18,25H,2,5H2,(H,23,24)/t18-/m1/s1. The Morgan fingerprint density at radius 1 is 1.00 bits per heavy atom. The minimum absolute atomic E-state index is 0.206. The summed E-state index contributed by atoms with van der Waals surface area (Å²) in [6.07, 6.45) is 5.68. The van der Waals surface area contributed by atoms with Crippen LogP contribution in [0.3, 0.4) is 0 Å². The first-order valence-electron chi connectivity index (χ1n) is 8.65. The van der Waals surface area contributed by atoms with E-state index < -0.39 is 0 Å². The molecule has 0 fully saturated rings. The van der Waals surface area contributed by atoms with Gasteiger partial charge in [0.15, 0.2) is 5.13 Å². The quantitative estimate of drug-likeness (QED) is 0.530. The molecule has 1 aliphatic carbocycles. The molecule has 4 nitrogen and oxygen atoms in total. The second-order valence-corrected chi connectivity index (χ2v) is 7.59.